The first-order chi connectivity index (χ1) is 7.13. The molecule has 1 aromatic carbocycles. The van der Waals surface area contributed by atoms with Crippen LogP contribution in [0.25, 0.3) is 0 Å². The van der Waals surface area contributed by atoms with E-state index in [2.05, 4.69) is 11.8 Å². The second-order valence-electron chi connectivity index (χ2n) is 2.97. The Morgan fingerprint density at radius 1 is 1.27 bits per heavy atom. The fraction of sp³-hybridized carbons (Fsp3) is 0.273. The minimum Gasteiger partial charge on any atom is -0.394 e. The molecule has 0 aliphatic heterocycles. The lowest BCUT2D eigenvalue weighted by molar-refractivity contribution is 0.0992. The van der Waals surface area contributed by atoms with E-state index in [-0.39, 0.29) is 13.0 Å². The second-order valence-corrected chi connectivity index (χ2v) is 3.79. The maximum absolute atomic E-state index is 9.03. The molecule has 1 unspecified atom stereocenters. The zero-order valence-corrected chi connectivity index (χ0v) is 9.39. The van der Waals surface area contributed by atoms with Gasteiger partial charge in [0.25, 0.3) is 0 Å². The lowest BCUT2D eigenvalue weighted by atomic mass is 10.2. The zero-order chi connectivity index (χ0) is 11.3. The monoisotopic (exact) mass is 244 g/mol. The van der Waals surface area contributed by atoms with Gasteiger partial charge in [-0.15, -0.1) is 0 Å². The fourth-order valence-corrected chi connectivity index (χ4v) is 1.21. The van der Waals surface area contributed by atoms with Crippen LogP contribution in [-0.4, -0.2) is 22.9 Å². The topological polar surface area (TPSA) is 40.5 Å². The number of aliphatic hydroxyl groups excluding tert-OH is 2. The first-order valence-electron chi connectivity index (χ1n) is 4.36. The van der Waals surface area contributed by atoms with Gasteiger partial charge in [0.05, 0.1) is 22.8 Å². The number of aliphatic hydroxyl groups is 2. The Balaban J connectivity index is 2.68. The Morgan fingerprint density at radius 3 is 2.60 bits per heavy atom. The van der Waals surface area contributed by atoms with Crippen molar-refractivity contribution in [3.8, 4) is 11.8 Å². The Hall–Kier alpha value is -0.720. The predicted octanol–water partition coefficient (Wildman–Crippen LogP) is 2.09. The van der Waals surface area contributed by atoms with Gasteiger partial charge >= 0.3 is 0 Å². The summed E-state index contributed by atoms with van der Waals surface area (Å²) in [5.41, 5.74) is 0.731. The molecule has 4 heteroatoms. The first kappa shape index (κ1) is 12.4. The maximum atomic E-state index is 9.03. The van der Waals surface area contributed by atoms with E-state index in [0.29, 0.717) is 10.0 Å². The van der Waals surface area contributed by atoms with E-state index in [4.69, 9.17) is 33.4 Å². The number of hydrogen-bond acceptors (Lipinski definition) is 2. The van der Waals surface area contributed by atoms with Gasteiger partial charge < -0.3 is 10.2 Å². The van der Waals surface area contributed by atoms with Crippen LogP contribution in [0.5, 0.6) is 0 Å². The number of benzene rings is 1. The van der Waals surface area contributed by atoms with Gasteiger partial charge in [0, 0.05) is 12.0 Å². The van der Waals surface area contributed by atoms with Crippen LogP contribution in [0, 0.1) is 11.8 Å². The molecule has 15 heavy (non-hydrogen) atoms. The van der Waals surface area contributed by atoms with Gasteiger partial charge in [-0.2, -0.15) is 0 Å². The molecule has 0 spiro atoms. The Morgan fingerprint density at radius 2 is 2.00 bits per heavy atom. The molecule has 1 rings (SSSR count). The maximum Gasteiger partial charge on any atom is 0.0879 e. The van der Waals surface area contributed by atoms with Gasteiger partial charge in [-0.3, -0.25) is 0 Å². The third kappa shape index (κ3) is 4.11. The van der Waals surface area contributed by atoms with E-state index in [1.165, 1.54) is 0 Å². The van der Waals surface area contributed by atoms with Gasteiger partial charge in [0.2, 0.25) is 0 Å². The standard InChI is InChI=1S/C11H10Cl2O2/c12-10-5-4-8(6-11(10)13)2-1-3-9(15)7-14/h4-6,9,14-15H,3,7H2. The molecule has 0 saturated carbocycles. The van der Waals surface area contributed by atoms with Crippen molar-refractivity contribution in [2.75, 3.05) is 6.61 Å². The highest BCUT2D eigenvalue weighted by molar-refractivity contribution is 6.42. The highest BCUT2D eigenvalue weighted by Gasteiger charge is 1.98. The van der Waals surface area contributed by atoms with Crippen LogP contribution in [0.3, 0.4) is 0 Å². The molecule has 0 aromatic heterocycles. The largest absolute Gasteiger partial charge is 0.394 e. The normalized spacial score (nSPS) is 11.7. The van der Waals surface area contributed by atoms with Crippen molar-refractivity contribution < 1.29 is 10.2 Å². The number of halogens is 2. The third-order valence-electron chi connectivity index (χ3n) is 1.70. The van der Waals surface area contributed by atoms with Crippen molar-refractivity contribution in [3.63, 3.8) is 0 Å². The summed E-state index contributed by atoms with van der Waals surface area (Å²) in [6, 6.07) is 5.06. The van der Waals surface area contributed by atoms with Crippen LogP contribution >= 0.6 is 23.2 Å². The minimum absolute atomic E-state index is 0.233. The predicted molar refractivity (Wildman–Crippen MR) is 61.0 cm³/mol. The molecule has 0 amide bonds. The van der Waals surface area contributed by atoms with Crippen LogP contribution in [0.15, 0.2) is 18.2 Å². The first-order valence-corrected chi connectivity index (χ1v) is 5.12. The molecule has 0 bridgehead atoms. The minimum atomic E-state index is -0.791. The van der Waals surface area contributed by atoms with E-state index in [1.807, 2.05) is 0 Å². The summed E-state index contributed by atoms with van der Waals surface area (Å²) in [5, 5.41) is 18.5. The van der Waals surface area contributed by atoms with Gasteiger partial charge in [-0.1, -0.05) is 35.0 Å². The van der Waals surface area contributed by atoms with Gasteiger partial charge in [-0.25, -0.2) is 0 Å². The highest BCUT2D eigenvalue weighted by Crippen LogP contribution is 2.21. The molecule has 2 N–H and O–H groups in total. The molecule has 80 valence electrons. The van der Waals surface area contributed by atoms with Gasteiger partial charge in [0.15, 0.2) is 0 Å². The van der Waals surface area contributed by atoms with Gasteiger partial charge in [-0.05, 0) is 18.2 Å². The zero-order valence-electron chi connectivity index (χ0n) is 7.87. The van der Waals surface area contributed by atoms with Gasteiger partial charge in [0.1, 0.15) is 0 Å². The molecule has 0 radical (unpaired) electrons. The van der Waals surface area contributed by atoms with Crippen molar-refractivity contribution in [1.82, 2.24) is 0 Å². The van der Waals surface area contributed by atoms with Crippen molar-refractivity contribution >= 4 is 23.2 Å². The summed E-state index contributed by atoms with van der Waals surface area (Å²) in [7, 11) is 0. The van der Waals surface area contributed by atoms with E-state index in [9.17, 15) is 0 Å². The molecule has 0 heterocycles. The molecule has 0 aliphatic rings. The molecular formula is C11H10Cl2O2. The third-order valence-corrected chi connectivity index (χ3v) is 2.44. The lowest BCUT2D eigenvalue weighted by Gasteiger charge is -1.99. The van der Waals surface area contributed by atoms with E-state index >= 15 is 0 Å². The fourth-order valence-electron chi connectivity index (χ4n) is 0.909. The van der Waals surface area contributed by atoms with E-state index in [1.54, 1.807) is 18.2 Å². The Kier molecular flexibility index (Phi) is 4.93. The molecule has 1 aromatic rings. The van der Waals surface area contributed by atoms with Crippen molar-refractivity contribution in [1.29, 1.82) is 0 Å². The molecule has 0 aliphatic carbocycles. The van der Waals surface area contributed by atoms with Crippen LogP contribution in [-0.2, 0) is 0 Å². The summed E-state index contributed by atoms with van der Waals surface area (Å²) in [6.45, 7) is -0.282. The second kappa shape index (κ2) is 5.99. The van der Waals surface area contributed by atoms with Crippen LogP contribution in [0.2, 0.25) is 10.0 Å². The lowest BCUT2D eigenvalue weighted by Crippen LogP contribution is -2.09. The van der Waals surface area contributed by atoms with Crippen molar-refractivity contribution in [2.24, 2.45) is 0 Å². The smallest absolute Gasteiger partial charge is 0.0879 e. The summed E-state index contributed by atoms with van der Waals surface area (Å²) in [6.07, 6.45) is -0.559. The summed E-state index contributed by atoms with van der Waals surface area (Å²) in [4.78, 5) is 0. The molecule has 2 nitrogen and oxygen atoms in total. The average molecular weight is 245 g/mol. The molecule has 1 atom stereocenters. The highest BCUT2D eigenvalue weighted by atomic mass is 35.5. The Labute approximate surface area is 98.5 Å². The summed E-state index contributed by atoms with van der Waals surface area (Å²) in [5.74, 6) is 5.55. The van der Waals surface area contributed by atoms with Crippen LogP contribution < -0.4 is 0 Å². The molecule has 0 saturated heterocycles. The molecular weight excluding hydrogens is 235 g/mol. The quantitative estimate of drug-likeness (QED) is 0.783. The van der Waals surface area contributed by atoms with Crippen molar-refractivity contribution in [3.05, 3.63) is 33.8 Å². The number of rotatable bonds is 2. The SMILES string of the molecule is OCC(O)CC#Cc1ccc(Cl)c(Cl)c1. The average Bonchev–Trinajstić information content (AvgIpc) is 2.23. The van der Waals surface area contributed by atoms with Crippen LogP contribution in [0.4, 0.5) is 0 Å². The molecule has 0 fully saturated rings. The van der Waals surface area contributed by atoms with Crippen LogP contribution in [0.1, 0.15) is 12.0 Å². The number of hydrogen-bond donors (Lipinski definition) is 2. The summed E-state index contributed by atoms with van der Waals surface area (Å²) >= 11 is 11.5. The van der Waals surface area contributed by atoms with E-state index in [0.717, 1.165) is 5.56 Å². The summed E-state index contributed by atoms with van der Waals surface area (Å²) < 4.78 is 0. The van der Waals surface area contributed by atoms with E-state index < -0.39 is 6.10 Å². The van der Waals surface area contributed by atoms with Crippen molar-refractivity contribution in [2.45, 2.75) is 12.5 Å². The Bertz CT molecular complexity index is 393.